The van der Waals surface area contributed by atoms with Gasteiger partial charge >= 0.3 is 0 Å². The van der Waals surface area contributed by atoms with Crippen LogP contribution in [0.2, 0.25) is 5.02 Å². The van der Waals surface area contributed by atoms with E-state index in [0.717, 1.165) is 31.4 Å². The third kappa shape index (κ3) is 2.69. The summed E-state index contributed by atoms with van der Waals surface area (Å²) in [5, 5.41) is 3.75. The molecule has 0 heterocycles. The van der Waals surface area contributed by atoms with E-state index in [9.17, 15) is 4.79 Å². The van der Waals surface area contributed by atoms with E-state index in [2.05, 4.69) is 19.2 Å². The second-order valence-electron chi connectivity index (χ2n) is 5.50. The molecule has 0 saturated heterocycles. The van der Waals surface area contributed by atoms with Gasteiger partial charge in [-0.05, 0) is 36.8 Å². The fraction of sp³-hybridized carbons (Fsp3) is 0.533. The summed E-state index contributed by atoms with van der Waals surface area (Å²) in [6.07, 6.45) is 2.83. The summed E-state index contributed by atoms with van der Waals surface area (Å²) in [6, 6.07) is 7.68. The van der Waals surface area contributed by atoms with Crippen LogP contribution < -0.4 is 5.32 Å². The van der Waals surface area contributed by atoms with E-state index in [-0.39, 0.29) is 11.3 Å². The molecule has 0 atom stereocenters. The van der Waals surface area contributed by atoms with Gasteiger partial charge in [0.15, 0.2) is 0 Å². The zero-order valence-corrected chi connectivity index (χ0v) is 11.8. The zero-order valence-electron chi connectivity index (χ0n) is 11.0. The smallest absolute Gasteiger partial charge is 0.230 e. The number of carbonyl (C=O) groups is 1. The maximum atomic E-state index is 12.3. The predicted molar refractivity (Wildman–Crippen MR) is 74.8 cm³/mol. The molecule has 1 saturated carbocycles. The minimum atomic E-state index is -0.352. The van der Waals surface area contributed by atoms with Crippen molar-refractivity contribution in [3.05, 3.63) is 34.9 Å². The maximum absolute atomic E-state index is 12.3. The van der Waals surface area contributed by atoms with Crippen molar-refractivity contribution < 1.29 is 4.79 Å². The molecule has 0 aromatic heterocycles. The molecule has 0 aliphatic heterocycles. The average Bonchev–Trinajstić information content (AvgIpc) is 3.10. The Morgan fingerprint density at radius 3 is 2.61 bits per heavy atom. The standard InChI is InChI=1S/C15H20ClNO/c1-11(2)7-10-17-14(18)15(8-9-15)12-5-3-4-6-13(12)16/h3-6,11H,7-10H2,1-2H3,(H,17,18). The topological polar surface area (TPSA) is 29.1 Å². The fourth-order valence-corrected chi connectivity index (χ4v) is 2.55. The zero-order chi connectivity index (χ0) is 13.2. The summed E-state index contributed by atoms with van der Waals surface area (Å²) in [4.78, 5) is 12.3. The quantitative estimate of drug-likeness (QED) is 0.867. The number of amides is 1. The van der Waals surface area contributed by atoms with E-state index >= 15 is 0 Å². The lowest BCUT2D eigenvalue weighted by Crippen LogP contribution is -2.35. The van der Waals surface area contributed by atoms with Gasteiger partial charge in [0.1, 0.15) is 0 Å². The van der Waals surface area contributed by atoms with Gasteiger partial charge in [0.25, 0.3) is 0 Å². The van der Waals surface area contributed by atoms with E-state index in [1.165, 1.54) is 0 Å². The molecule has 1 aliphatic rings. The van der Waals surface area contributed by atoms with Gasteiger partial charge < -0.3 is 5.32 Å². The summed E-state index contributed by atoms with van der Waals surface area (Å²) >= 11 is 6.20. The molecule has 2 rings (SSSR count). The number of hydrogen-bond acceptors (Lipinski definition) is 1. The van der Waals surface area contributed by atoms with Crippen molar-refractivity contribution >= 4 is 17.5 Å². The van der Waals surface area contributed by atoms with Crippen molar-refractivity contribution in [1.82, 2.24) is 5.32 Å². The van der Waals surface area contributed by atoms with Gasteiger partial charge in [-0.1, -0.05) is 43.6 Å². The summed E-state index contributed by atoms with van der Waals surface area (Å²) in [6.45, 7) is 5.07. The van der Waals surface area contributed by atoms with Crippen molar-refractivity contribution in [2.45, 2.75) is 38.5 Å². The van der Waals surface area contributed by atoms with Crippen LogP contribution in [0.15, 0.2) is 24.3 Å². The number of halogens is 1. The van der Waals surface area contributed by atoms with Gasteiger partial charge in [0.2, 0.25) is 5.91 Å². The van der Waals surface area contributed by atoms with Crippen molar-refractivity contribution in [1.29, 1.82) is 0 Å². The first kappa shape index (κ1) is 13.4. The molecule has 0 radical (unpaired) electrons. The first-order valence-electron chi connectivity index (χ1n) is 6.59. The van der Waals surface area contributed by atoms with Crippen molar-refractivity contribution in [3.63, 3.8) is 0 Å². The molecule has 1 aliphatic carbocycles. The van der Waals surface area contributed by atoms with E-state index in [1.54, 1.807) is 0 Å². The van der Waals surface area contributed by atoms with Crippen LogP contribution in [0.25, 0.3) is 0 Å². The summed E-state index contributed by atoms with van der Waals surface area (Å²) in [7, 11) is 0. The molecule has 1 N–H and O–H groups in total. The molecule has 2 nitrogen and oxygen atoms in total. The molecule has 0 bridgehead atoms. The molecule has 3 heteroatoms. The molecule has 1 aromatic rings. The molecule has 0 unspecified atom stereocenters. The maximum Gasteiger partial charge on any atom is 0.230 e. The van der Waals surface area contributed by atoms with Crippen LogP contribution in [0.1, 0.15) is 38.7 Å². The van der Waals surface area contributed by atoms with E-state index < -0.39 is 0 Å². The molecule has 18 heavy (non-hydrogen) atoms. The van der Waals surface area contributed by atoms with Crippen LogP contribution in [-0.2, 0) is 10.2 Å². The van der Waals surface area contributed by atoms with Gasteiger partial charge in [-0.3, -0.25) is 4.79 Å². The van der Waals surface area contributed by atoms with Crippen molar-refractivity contribution in [2.75, 3.05) is 6.54 Å². The van der Waals surface area contributed by atoms with Gasteiger partial charge in [0, 0.05) is 11.6 Å². The Hall–Kier alpha value is -1.02. The minimum absolute atomic E-state index is 0.135. The monoisotopic (exact) mass is 265 g/mol. The van der Waals surface area contributed by atoms with Crippen LogP contribution in [0.3, 0.4) is 0 Å². The number of rotatable bonds is 5. The number of hydrogen-bond donors (Lipinski definition) is 1. The Labute approximate surface area is 114 Å². The van der Waals surface area contributed by atoms with Gasteiger partial charge in [-0.25, -0.2) is 0 Å². The van der Waals surface area contributed by atoms with Crippen molar-refractivity contribution in [3.8, 4) is 0 Å². The lowest BCUT2D eigenvalue weighted by molar-refractivity contribution is -0.123. The van der Waals surface area contributed by atoms with E-state index in [1.807, 2.05) is 24.3 Å². The largest absolute Gasteiger partial charge is 0.355 e. The van der Waals surface area contributed by atoms with Gasteiger partial charge in [-0.2, -0.15) is 0 Å². The third-order valence-electron chi connectivity index (χ3n) is 3.58. The molecule has 0 spiro atoms. The minimum Gasteiger partial charge on any atom is -0.355 e. The summed E-state index contributed by atoms with van der Waals surface area (Å²) in [5.41, 5.74) is 0.628. The Balaban J connectivity index is 2.04. The highest BCUT2D eigenvalue weighted by Crippen LogP contribution is 2.50. The van der Waals surface area contributed by atoms with Crippen LogP contribution in [0.5, 0.6) is 0 Å². The van der Waals surface area contributed by atoms with Gasteiger partial charge in [-0.15, -0.1) is 0 Å². The summed E-state index contributed by atoms with van der Waals surface area (Å²) < 4.78 is 0. The average molecular weight is 266 g/mol. The molecule has 1 aromatic carbocycles. The molecule has 1 fully saturated rings. The number of nitrogens with one attached hydrogen (secondary N) is 1. The highest BCUT2D eigenvalue weighted by molar-refractivity contribution is 6.31. The van der Waals surface area contributed by atoms with Crippen molar-refractivity contribution in [2.24, 2.45) is 5.92 Å². The second kappa shape index (κ2) is 5.31. The van der Waals surface area contributed by atoms with Crippen LogP contribution in [0.4, 0.5) is 0 Å². The van der Waals surface area contributed by atoms with Crippen LogP contribution in [0, 0.1) is 5.92 Å². The highest BCUT2D eigenvalue weighted by Gasteiger charge is 2.52. The predicted octanol–water partition coefficient (Wildman–Crippen LogP) is 3.53. The Bertz CT molecular complexity index is 438. The fourth-order valence-electron chi connectivity index (χ4n) is 2.24. The van der Waals surface area contributed by atoms with Crippen LogP contribution in [-0.4, -0.2) is 12.5 Å². The molecule has 98 valence electrons. The van der Waals surface area contributed by atoms with E-state index in [0.29, 0.717) is 10.9 Å². The number of carbonyl (C=O) groups excluding carboxylic acids is 1. The third-order valence-corrected chi connectivity index (χ3v) is 3.91. The summed E-state index contributed by atoms with van der Waals surface area (Å²) in [5.74, 6) is 0.747. The Morgan fingerprint density at radius 1 is 1.39 bits per heavy atom. The highest BCUT2D eigenvalue weighted by atomic mass is 35.5. The van der Waals surface area contributed by atoms with Crippen LogP contribution >= 0.6 is 11.6 Å². The molecular weight excluding hydrogens is 246 g/mol. The number of benzene rings is 1. The Morgan fingerprint density at radius 2 is 2.06 bits per heavy atom. The molecular formula is C15H20ClNO. The van der Waals surface area contributed by atoms with Gasteiger partial charge in [0.05, 0.1) is 5.41 Å². The molecule has 1 amide bonds. The SMILES string of the molecule is CC(C)CCNC(=O)C1(c2ccccc2Cl)CC1. The first-order valence-corrected chi connectivity index (χ1v) is 6.97. The first-order chi connectivity index (χ1) is 8.56. The Kier molecular flexibility index (Phi) is 3.96. The lowest BCUT2D eigenvalue weighted by atomic mass is 9.95. The lowest BCUT2D eigenvalue weighted by Gasteiger charge is -2.17. The normalized spacial score (nSPS) is 16.7. The van der Waals surface area contributed by atoms with E-state index in [4.69, 9.17) is 11.6 Å². The second-order valence-corrected chi connectivity index (χ2v) is 5.91.